The van der Waals surface area contributed by atoms with Crippen LogP contribution >= 0.6 is 0 Å². The molecule has 0 aromatic heterocycles. The van der Waals surface area contributed by atoms with E-state index in [0.29, 0.717) is 45.3 Å². The first-order valence-electron chi connectivity index (χ1n) is 10.1. The number of hydrogen-bond donors (Lipinski definition) is 4. The second-order valence-electron chi connectivity index (χ2n) is 7.25. The van der Waals surface area contributed by atoms with E-state index in [0.717, 1.165) is 12.8 Å². The largest absolute Gasteiger partial charge is 0.481 e. The first kappa shape index (κ1) is 23.8. The maximum Gasteiger partial charge on any atom is 0.303 e. The van der Waals surface area contributed by atoms with Crippen LogP contribution in [-0.4, -0.2) is 57.9 Å². The van der Waals surface area contributed by atoms with Crippen molar-refractivity contribution < 1.29 is 30.0 Å². The Morgan fingerprint density at radius 1 is 1.19 bits per heavy atom. The minimum Gasteiger partial charge on any atom is -0.481 e. The molecule has 6 heteroatoms. The van der Waals surface area contributed by atoms with Crippen molar-refractivity contribution in [3.63, 3.8) is 0 Å². The van der Waals surface area contributed by atoms with Crippen LogP contribution in [0.5, 0.6) is 0 Å². The number of hydrogen-bond acceptors (Lipinski definition) is 5. The molecule has 5 unspecified atom stereocenters. The molecule has 0 heterocycles. The number of rotatable bonds is 14. The van der Waals surface area contributed by atoms with Crippen molar-refractivity contribution in [2.75, 3.05) is 13.2 Å². The van der Waals surface area contributed by atoms with Gasteiger partial charge in [0.1, 0.15) is 0 Å². The van der Waals surface area contributed by atoms with Crippen molar-refractivity contribution in [3.8, 4) is 0 Å². The molecule has 156 valence electrons. The summed E-state index contributed by atoms with van der Waals surface area (Å²) in [5.74, 6) is -1.06. The van der Waals surface area contributed by atoms with Crippen LogP contribution in [0.3, 0.4) is 0 Å². The molecule has 5 atom stereocenters. The van der Waals surface area contributed by atoms with E-state index in [9.17, 15) is 20.1 Å². The Morgan fingerprint density at radius 3 is 2.67 bits per heavy atom. The van der Waals surface area contributed by atoms with Gasteiger partial charge in [0.2, 0.25) is 0 Å². The molecule has 0 saturated heterocycles. The van der Waals surface area contributed by atoms with Gasteiger partial charge in [0, 0.05) is 32.0 Å². The van der Waals surface area contributed by atoms with Crippen LogP contribution in [-0.2, 0) is 9.53 Å². The molecule has 0 amide bonds. The zero-order chi connectivity index (χ0) is 20.1. The molecule has 1 aliphatic rings. The number of ether oxygens (including phenoxy) is 1. The zero-order valence-corrected chi connectivity index (χ0v) is 16.4. The van der Waals surface area contributed by atoms with E-state index in [2.05, 4.69) is 0 Å². The third kappa shape index (κ3) is 10.1. The second kappa shape index (κ2) is 13.9. The van der Waals surface area contributed by atoms with E-state index in [1.807, 2.05) is 25.2 Å². The van der Waals surface area contributed by atoms with Crippen molar-refractivity contribution in [2.45, 2.75) is 76.6 Å². The van der Waals surface area contributed by atoms with Crippen LogP contribution in [0.15, 0.2) is 24.3 Å². The van der Waals surface area contributed by atoms with Crippen molar-refractivity contribution in [1.29, 1.82) is 0 Å². The molecule has 1 rings (SSSR count). The topological polar surface area (TPSA) is 107 Å². The van der Waals surface area contributed by atoms with Crippen molar-refractivity contribution in [3.05, 3.63) is 24.3 Å². The number of carboxylic acids is 1. The summed E-state index contributed by atoms with van der Waals surface area (Å²) in [5, 5.41) is 39.1. The predicted octanol–water partition coefficient (Wildman–Crippen LogP) is 2.67. The van der Waals surface area contributed by atoms with Gasteiger partial charge in [0.15, 0.2) is 0 Å². The lowest BCUT2D eigenvalue weighted by Gasteiger charge is -2.19. The molecule has 1 aliphatic carbocycles. The lowest BCUT2D eigenvalue weighted by Crippen LogP contribution is -2.20. The number of allylic oxidation sites excluding steroid dienone is 2. The van der Waals surface area contributed by atoms with Gasteiger partial charge in [-0.3, -0.25) is 4.79 Å². The molecule has 0 aliphatic heterocycles. The summed E-state index contributed by atoms with van der Waals surface area (Å²) >= 11 is 0. The van der Waals surface area contributed by atoms with Crippen molar-refractivity contribution >= 4 is 5.97 Å². The van der Waals surface area contributed by atoms with Gasteiger partial charge in [0.05, 0.1) is 18.3 Å². The summed E-state index contributed by atoms with van der Waals surface area (Å²) in [4.78, 5) is 10.5. The van der Waals surface area contributed by atoms with Crippen LogP contribution in [0, 0.1) is 11.8 Å². The molecule has 0 radical (unpaired) electrons. The van der Waals surface area contributed by atoms with Gasteiger partial charge in [-0.1, -0.05) is 24.3 Å². The monoisotopic (exact) mass is 384 g/mol. The quantitative estimate of drug-likeness (QED) is 0.271. The van der Waals surface area contributed by atoms with E-state index in [1.54, 1.807) is 6.08 Å². The van der Waals surface area contributed by atoms with Crippen molar-refractivity contribution in [1.82, 2.24) is 0 Å². The van der Waals surface area contributed by atoms with Gasteiger partial charge in [0.25, 0.3) is 0 Å². The highest BCUT2D eigenvalue weighted by Crippen LogP contribution is 2.36. The van der Waals surface area contributed by atoms with Crippen LogP contribution in [0.4, 0.5) is 0 Å². The number of aliphatic hydroxyl groups excluding tert-OH is 3. The summed E-state index contributed by atoms with van der Waals surface area (Å²) in [7, 11) is 0. The Bertz CT molecular complexity index is 462. The Labute approximate surface area is 162 Å². The third-order valence-corrected chi connectivity index (χ3v) is 5.05. The van der Waals surface area contributed by atoms with Crippen molar-refractivity contribution in [2.24, 2.45) is 11.8 Å². The fourth-order valence-electron chi connectivity index (χ4n) is 3.50. The highest BCUT2D eigenvalue weighted by atomic mass is 16.5. The molecule has 1 saturated carbocycles. The lowest BCUT2D eigenvalue weighted by molar-refractivity contribution is -0.137. The zero-order valence-electron chi connectivity index (χ0n) is 16.4. The highest BCUT2D eigenvalue weighted by Gasteiger charge is 2.39. The van der Waals surface area contributed by atoms with E-state index in [-0.39, 0.29) is 18.3 Å². The average molecular weight is 385 g/mol. The van der Waals surface area contributed by atoms with Gasteiger partial charge in [-0.05, 0) is 51.4 Å². The third-order valence-electron chi connectivity index (χ3n) is 5.05. The number of carbonyl (C=O) groups is 1. The fourth-order valence-corrected chi connectivity index (χ4v) is 3.50. The Morgan fingerprint density at radius 2 is 1.96 bits per heavy atom. The SMILES string of the molecule is CCOCCCCC(O)/C=C/C1C(O)CC(O)C1C/C=C/CCCC(=O)O. The van der Waals surface area contributed by atoms with Crippen LogP contribution in [0.2, 0.25) is 0 Å². The minimum atomic E-state index is -0.792. The molecule has 0 aromatic carbocycles. The average Bonchev–Trinajstić information content (AvgIpc) is 2.88. The van der Waals surface area contributed by atoms with Gasteiger partial charge in [-0.15, -0.1) is 0 Å². The molecule has 27 heavy (non-hydrogen) atoms. The number of aliphatic carboxylic acids is 1. The number of unbranched alkanes of at least 4 members (excludes halogenated alkanes) is 2. The smallest absolute Gasteiger partial charge is 0.303 e. The summed E-state index contributed by atoms with van der Waals surface area (Å²) in [6.45, 7) is 3.38. The summed E-state index contributed by atoms with van der Waals surface area (Å²) < 4.78 is 5.27. The van der Waals surface area contributed by atoms with Gasteiger partial charge >= 0.3 is 5.97 Å². The fraction of sp³-hybridized carbons (Fsp3) is 0.762. The molecular weight excluding hydrogens is 348 g/mol. The van der Waals surface area contributed by atoms with Crippen LogP contribution < -0.4 is 0 Å². The molecule has 0 spiro atoms. The van der Waals surface area contributed by atoms with E-state index in [4.69, 9.17) is 9.84 Å². The number of carboxylic acid groups (broad SMARTS) is 1. The van der Waals surface area contributed by atoms with E-state index in [1.165, 1.54) is 0 Å². The van der Waals surface area contributed by atoms with Gasteiger partial charge in [-0.2, -0.15) is 0 Å². The first-order chi connectivity index (χ1) is 13.0. The Kier molecular flexibility index (Phi) is 12.3. The lowest BCUT2D eigenvalue weighted by atomic mass is 9.89. The van der Waals surface area contributed by atoms with Crippen LogP contribution in [0.1, 0.15) is 58.3 Å². The molecule has 6 nitrogen and oxygen atoms in total. The molecule has 0 aromatic rings. The predicted molar refractivity (Wildman–Crippen MR) is 104 cm³/mol. The van der Waals surface area contributed by atoms with Gasteiger partial charge < -0.3 is 25.2 Å². The normalized spacial score (nSPS) is 27.0. The van der Waals surface area contributed by atoms with Gasteiger partial charge in [-0.25, -0.2) is 0 Å². The first-order valence-corrected chi connectivity index (χ1v) is 10.1. The van der Waals surface area contributed by atoms with Crippen LogP contribution in [0.25, 0.3) is 0 Å². The minimum absolute atomic E-state index is 0.0860. The summed E-state index contributed by atoms with van der Waals surface area (Å²) in [6.07, 6.45) is 10.6. The molecule has 0 bridgehead atoms. The Balaban J connectivity index is 2.41. The Hall–Kier alpha value is -1.21. The summed E-state index contributed by atoms with van der Waals surface area (Å²) in [5.41, 5.74) is 0. The molecule has 1 fully saturated rings. The highest BCUT2D eigenvalue weighted by molar-refractivity contribution is 5.66. The maximum absolute atomic E-state index is 10.5. The van der Waals surface area contributed by atoms with E-state index >= 15 is 0 Å². The molecular formula is C21H36O6. The standard InChI is InChI=1S/C21H36O6/c1-2-27-14-8-7-9-16(22)12-13-18-17(19(23)15-20(18)24)10-5-3-4-6-11-21(25)26/h3,5,12-13,16-20,22-24H,2,4,6-11,14-15H2,1H3,(H,25,26)/b5-3+,13-12+. The maximum atomic E-state index is 10.5. The number of aliphatic hydroxyl groups is 3. The molecule has 4 N–H and O–H groups in total. The summed E-state index contributed by atoms with van der Waals surface area (Å²) in [6, 6.07) is 0. The van der Waals surface area contributed by atoms with E-state index < -0.39 is 24.3 Å². The second-order valence-corrected chi connectivity index (χ2v) is 7.25.